The van der Waals surface area contributed by atoms with Crippen molar-refractivity contribution < 1.29 is 28.2 Å². The standard InChI is InChI=1S/C22H23NO6/c1-14(19-10-15-6-4-5-7-18(15)29-19)23-21(24)13-28-22(25)11-16-8-9-17(26-2)12-20(16)27-3/h4-10,12,14H,11,13H2,1-3H3,(H,23,24)/t14-/m1/s1. The zero-order valence-corrected chi connectivity index (χ0v) is 16.6. The lowest BCUT2D eigenvalue weighted by Gasteiger charge is -2.12. The Morgan fingerprint density at radius 1 is 1.07 bits per heavy atom. The zero-order valence-electron chi connectivity index (χ0n) is 16.6. The van der Waals surface area contributed by atoms with E-state index in [0.29, 0.717) is 22.8 Å². The lowest BCUT2D eigenvalue weighted by atomic mass is 10.1. The molecule has 0 saturated carbocycles. The minimum Gasteiger partial charge on any atom is -0.497 e. The van der Waals surface area contributed by atoms with Crippen LogP contribution in [-0.4, -0.2) is 32.7 Å². The van der Waals surface area contributed by atoms with Gasteiger partial charge in [0.2, 0.25) is 0 Å². The van der Waals surface area contributed by atoms with E-state index < -0.39 is 11.9 Å². The number of amides is 1. The highest BCUT2D eigenvalue weighted by Gasteiger charge is 2.16. The molecule has 0 spiro atoms. The van der Waals surface area contributed by atoms with Gasteiger partial charge in [0, 0.05) is 17.0 Å². The number of benzene rings is 2. The summed E-state index contributed by atoms with van der Waals surface area (Å²) in [5.74, 6) is 0.837. The molecular formula is C22H23NO6. The molecule has 1 heterocycles. The van der Waals surface area contributed by atoms with E-state index in [1.165, 1.54) is 7.11 Å². The van der Waals surface area contributed by atoms with Crippen molar-refractivity contribution in [2.24, 2.45) is 0 Å². The normalized spacial score (nSPS) is 11.7. The lowest BCUT2D eigenvalue weighted by molar-refractivity contribution is -0.148. The van der Waals surface area contributed by atoms with Crippen LogP contribution in [0.5, 0.6) is 11.5 Å². The van der Waals surface area contributed by atoms with Crippen molar-refractivity contribution in [1.29, 1.82) is 0 Å². The fraction of sp³-hybridized carbons (Fsp3) is 0.273. The van der Waals surface area contributed by atoms with Gasteiger partial charge < -0.3 is 23.9 Å². The molecule has 3 rings (SSSR count). The molecule has 0 saturated heterocycles. The zero-order chi connectivity index (χ0) is 20.8. The van der Waals surface area contributed by atoms with Crippen molar-refractivity contribution in [2.45, 2.75) is 19.4 Å². The molecule has 0 aliphatic rings. The number of para-hydroxylation sites is 1. The molecule has 0 fully saturated rings. The number of nitrogens with one attached hydrogen (secondary N) is 1. The molecule has 152 valence electrons. The molecule has 0 aliphatic carbocycles. The summed E-state index contributed by atoms with van der Waals surface area (Å²) in [6, 6.07) is 14.3. The second kappa shape index (κ2) is 9.14. The number of hydrogen-bond donors (Lipinski definition) is 1. The van der Waals surface area contributed by atoms with Crippen molar-refractivity contribution in [3.63, 3.8) is 0 Å². The summed E-state index contributed by atoms with van der Waals surface area (Å²) < 4.78 is 21.2. The maximum absolute atomic E-state index is 12.1. The van der Waals surface area contributed by atoms with Crippen LogP contribution in [0.2, 0.25) is 0 Å². The van der Waals surface area contributed by atoms with E-state index in [2.05, 4.69) is 5.32 Å². The third kappa shape index (κ3) is 5.07. The summed E-state index contributed by atoms with van der Waals surface area (Å²) in [6.45, 7) is 1.43. The van der Waals surface area contributed by atoms with Crippen LogP contribution in [0.3, 0.4) is 0 Å². The first-order valence-electron chi connectivity index (χ1n) is 9.14. The van der Waals surface area contributed by atoms with Gasteiger partial charge in [-0.15, -0.1) is 0 Å². The highest BCUT2D eigenvalue weighted by Crippen LogP contribution is 2.25. The number of esters is 1. The van der Waals surface area contributed by atoms with Gasteiger partial charge >= 0.3 is 5.97 Å². The molecule has 7 nitrogen and oxygen atoms in total. The van der Waals surface area contributed by atoms with Crippen molar-refractivity contribution >= 4 is 22.8 Å². The fourth-order valence-corrected chi connectivity index (χ4v) is 2.92. The average molecular weight is 397 g/mol. The van der Waals surface area contributed by atoms with Crippen molar-refractivity contribution in [2.75, 3.05) is 20.8 Å². The van der Waals surface area contributed by atoms with E-state index in [4.69, 9.17) is 18.6 Å². The fourth-order valence-electron chi connectivity index (χ4n) is 2.92. The van der Waals surface area contributed by atoms with Crippen LogP contribution in [0.1, 0.15) is 24.3 Å². The summed E-state index contributed by atoms with van der Waals surface area (Å²) in [6.07, 6.45) is -0.0143. The van der Waals surface area contributed by atoms with Crippen LogP contribution in [0.15, 0.2) is 52.9 Å². The minimum atomic E-state index is -0.528. The van der Waals surface area contributed by atoms with E-state index in [1.54, 1.807) is 32.2 Å². The SMILES string of the molecule is COc1ccc(CC(=O)OCC(=O)N[C@H](C)c2cc3ccccc3o2)c(OC)c1. The van der Waals surface area contributed by atoms with Gasteiger partial charge in [0.15, 0.2) is 6.61 Å². The van der Waals surface area contributed by atoms with Crippen LogP contribution in [0.25, 0.3) is 11.0 Å². The van der Waals surface area contributed by atoms with Crippen LogP contribution < -0.4 is 14.8 Å². The predicted molar refractivity (Wildman–Crippen MR) is 107 cm³/mol. The summed E-state index contributed by atoms with van der Waals surface area (Å²) in [7, 11) is 3.06. The Balaban J connectivity index is 1.51. The number of rotatable bonds is 8. The third-order valence-electron chi connectivity index (χ3n) is 4.44. The molecule has 1 N–H and O–H groups in total. The smallest absolute Gasteiger partial charge is 0.310 e. The number of furan rings is 1. The van der Waals surface area contributed by atoms with Crippen LogP contribution in [0.4, 0.5) is 0 Å². The molecule has 1 atom stereocenters. The molecule has 2 aromatic carbocycles. The van der Waals surface area contributed by atoms with E-state index in [-0.39, 0.29) is 19.1 Å². The number of hydrogen-bond acceptors (Lipinski definition) is 6. The van der Waals surface area contributed by atoms with Gasteiger partial charge in [-0.05, 0) is 25.1 Å². The average Bonchev–Trinajstić information content (AvgIpc) is 3.17. The number of methoxy groups -OCH3 is 2. The van der Waals surface area contributed by atoms with E-state index in [9.17, 15) is 9.59 Å². The van der Waals surface area contributed by atoms with Gasteiger partial charge in [0.1, 0.15) is 22.8 Å². The van der Waals surface area contributed by atoms with Gasteiger partial charge in [-0.3, -0.25) is 9.59 Å². The summed E-state index contributed by atoms with van der Waals surface area (Å²) in [5.41, 5.74) is 1.40. The minimum absolute atomic E-state index is 0.0143. The second-order valence-corrected chi connectivity index (χ2v) is 6.49. The quantitative estimate of drug-likeness (QED) is 0.586. The Morgan fingerprint density at radius 3 is 2.59 bits per heavy atom. The highest BCUT2D eigenvalue weighted by molar-refractivity contribution is 5.82. The maximum atomic E-state index is 12.1. The maximum Gasteiger partial charge on any atom is 0.310 e. The van der Waals surface area contributed by atoms with Gasteiger partial charge in [-0.2, -0.15) is 0 Å². The molecule has 29 heavy (non-hydrogen) atoms. The molecule has 0 aliphatic heterocycles. The van der Waals surface area contributed by atoms with E-state index in [1.807, 2.05) is 30.3 Å². The van der Waals surface area contributed by atoms with Crippen LogP contribution >= 0.6 is 0 Å². The molecular weight excluding hydrogens is 374 g/mol. The lowest BCUT2D eigenvalue weighted by Crippen LogP contribution is -2.31. The van der Waals surface area contributed by atoms with E-state index >= 15 is 0 Å². The Kier molecular flexibility index (Phi) is 6.39. The van der Waals surface area contributed by atoms with Gasteiger partial charge in [0.05, 0.1) is 26.7 Å². The highest BCUT2D eigenvalue weighted by atomic mass is 16.5. The molecule has 0 unspecified atom stereocenters. The van der Waals surface area contributed by atoms with Gasteiger partial charge in [0.25, 0.3) is 5.91 Å². The molecule has 1 aromatic heterocycles. The Hall–Kier alpha value is -3.48. The summed E-state index contributed by atoms with van der Waals surface area (Å²) >= 11 is 0. The Morgan fingerprint density at radius 2 is 1.86 bits per heavy atom. The van der Waals surface area contributed by atoms with Crippen molar-refractivity contribution in [3.05, 3.63) is 59.9 Å². The largest absolute Gasteiger partial charge is 0.497 e. The molecule has 0 radical (unpaired) electrons. The topological polar surface area (TPSA) is 87.0 Å². The van der Waals surface area contributed by atoms with Crippen LogP contribution in [-0.2, 0) is 20.7 Å². The van der Waals surface area contributed by atoms with Crippen molar-refractivity contribution in [3.8, 4) is 11.5 Å². The molecule has 7 heteroatoms. The van der Waals surface area contributed by atoms with Gasteiger partial charge in [-0.1, -0.05) is 24.3 Å². The first-order chi connectivity index (χ1) is 14.0. The van der Waals surface area contributed by atoms with Gasteiger partial charge in [-0.25, -0.2) is 0 Å². The predicted octanol–water partition coefficient (Wildman–Crippen LogP) is 3.41. The molecule has 3 aromatic rings. The summed E-state index contributed by atoms with van der Waals surface area (Å²) in [4.78, 5) is 24.2. The Labute approximate surface area is 168 Å². The third-order valence-corrected chi connectivity index (χ3v) is 4.44. The van der Waals surface area contributed by atoms with E-state index in [0.717, 1.165) is 11.0 Å². The number of ether oxygens (including phenoxy) is 3. The monoisotopic (exact) mass is 397 g/mol. The Bertz CT molecular complexity index is 976. The van der Waals surface area contributed by atoms with Crippen LogP contribution in [0, 0.1) is 0 Å². The van der Waals surface area contributed by atoms with Crippen molar-refractivity contribution in [1.82, 2.24) is 5.32 Å². The summed E-state index contributed by atoms with van der Waals surface area (Å²) in [5, 5.41) is 3.72. The number of carbonyl (C=O) groups is 2. The number of fused-ring (bicyclic) bond motifs is 1. The first-order valence-corrected chi connectivity index (χ1v) is 9.14. The number of carbonyl (C=O) groups excluding carboxylic acids is 2. The molecule has 1 amide bonds. The first kappa shape index (κ1) is 20.3. The second-order valence-electron chi connectivity index (χ2n) is 6.49. The molecule has 0 bridgehead atoms.